The lowest BCUT2D eigenvalue weighted by atomic mass is 9.87. The highest BCUT2D eigenvalue weighted by molar-refractivity contribution is 6.03. The maximum absolute atomic E-state index is 13.3. The summed E-state index contributed by atoms with van der Waals surface area (Å²) in [7, 11) is 0. The van der Waals surface area contributed by atoms with Crippen LogP contribution in [0.4, 0.5) is 15.9 Å². The van der Waals surface area contributed by atoms with Crippen molar-refractivity contribution < 1.29 is 9.18 Å². The van der Waals surface area contributed by atoms with Gasteiger partial charge in [0.2, 0.25) is 0 Å². The van der Waals surface area contributed by atoms with Crippen LogP contribution >= 0.6 is 0 Å². The van der Waals surface area contributed by atoms with Crippen LogP contribution in [0.25, 0.3) is 5.69 Å². The molecule has 4 nitrogen and oxygen atoms in total. The summed E-state index contributed by atoms with van der Waals surface area (Å²) in [4.78, 5) is 12.8. The number of anilines is 2. The Bertz CT molecular complexity index is 1020. The van der Waals surface area contributed by atoms with E-state index in [9.17, 15) is 9.18 Å². The van der Waals surface area contributed by atoms with E-state index in [4.69, 9.17) is 5.10 Å². The predicted octanol–water partition coefficient (Wildman–Crippen LogP) is 5.14. The summed E-state index contributed by atoms with van der Waals surface area (Å²) in [6.07, 6.45) is 1.28. The molecule has 0 amide bonds. The molecule has 0 fully saturated rings. The van der Waals surface area contributed by atoms with Crippen molar-refractivity contribution in [2.24, 2.45) is 5.92 Å². The monoisotopic (exact) mass is 363 g/mol. The first-order chi connectivity index (χ1) is 12.9. The first kappa shape index (κ1) is 17.5. The topological polar surface area (TPSA) is 46.9 Å². The van der Waals surface area contributed by atoms with Crippen molar-refractivity contribution in [3.8, 4) is 5.69 Å². The zero-order valence-electron chi connectivity index (χ0n) is 15.7. The Kier molecular flexibility index (Phi) is 4.30. The second-order valence-corrected chi connectivity index (χ2v) is 7.44. The Morgan fingerprint density at radius 3 is 2.56 bits per heavy atom. The number of Topliss-reactive ketones (excluding diaryl/α,β-unsaturated/α-hetero) is 1. The maximum Gasteiger partial charge on any atom is 0.168 e. The van der Waals surface area contributed by atoms with E-state index in [1.165, 1.54) is 17.7 Å². The summed E-state index contributed by atoms with van der Waals surface area (Å²) in [5.41, 5.74) is 5.50. The number of aryl methyl sites for hydroxylation is 2. The number of halogens is 1. The van der Waals surface area contributed by atoms with E-state index in [2.05, 4.69) is 18.3 Å². The van der Waals surface area contributed by atoms with Gasteiger partial charge in [-0.05, 0) is 62.1 Å². The van der Waals surface area contributed by atoms with E-state index in [1.54, 1.807) is 16.8 Å². The van der Waals surface area contributed by atoms with Crippen LogP contribution in [0.5, 0.6) is 0 Å². The molecule has 1 unspecified atom stereocenters. The van der Waals surface area contributed by atoms with Crippen molar-refractivity contribution in [2.45, 2.75) is 33.6 Å². The zero-order valence-corrected chi connectivity index (χ0v) is 15.7. The van der Waals surface area contributed by atoms with Crippen molar-refractivity contribution >= 4 is 17.3 Å². The molecule has 0 spiro atoms. The van der Waals surface area contributed by atoms with Gasteiger partial charge in [-0.3, -0.25) is 4.79 Å². The Morgan fingerprint density at radius 2 is 1.85 bits per heavy atom. The fourth-order valence-electron chi connectivity index (χ4n) is 3.72. The van der Waals surface area contributed by atoms with E-state index >= 15 is 0 Å². The fourth-order valence-corrected chi connectivity index (χ4v) is 3.72. The van der Waals surface area contributed by atoms with Crippen LogP contribution in [0, 0.1) is 25.6 Å². The molecule has 0 radical (unpaired) electrons. The molecule has 3 aromatic rings. The van der Waals surface area contributed by atoms with Gasteiger partial charge in [0.05, 0.1) is 16.9 Å². The lowest BCUT2D eigenvalue weighted by Gasteiger charge is -2.19. The van der Waals surface area contributed by atoms with Gasteiger partial charge in [0.25, 0.3) is 0 Å². The van der Waals surface area contributed by atoms with Crippen LogP contribution in [0.3, 0.4) is 0 Å². The minimum absolute atomic E-state index is 0.101. The second-order valence-electron chi connectivity index (χ2n) is 7.44. The van der Waals surface area contributed by atoms with Crippen LogP contribution in [0.15, 0.2) is 42.5 Å². The normalized spacial score (nSPS) is 16.3. The molecular formula is C22H22FN3O. The maximum atomic E-state index is 13.3. The van der Waals surface area contributed by atoms with E-state index in [1.807, 2.05) is 26.0 Å². The summed E-state index contributed by atoms with van der Waals surface area (Å²) < 4.78 is 15.1. The average molecular weight is 363 g/mol. The van der Waals surface area contributed by atoms with Crippen molar-refractivity contribution in [3.05, 3.63) is 70.7 Å². The molecule has 1 aromatic heterocycles. The van der Waals surface area contributed by atoms with Gasteiger partial charge in [-0.2, -0.15) is 0 Å². The third-order valence-electron chi connectivity index (χ3n) is 5.04. The number of nitrogens with zero attached hydrogens (tertiary/aromatic N) is 2. The number of hydrogen-bond acceptors (Lipinski definition) is 3. The number of rotatable bonds is 3. The minimum Gasteiger partial charge on any atom is -0.338 e. The largest absolute Gasteiger partial charge is 0.338 e. The number of hydrogen-bond donors (Lipinski definition) is 1. The Hall–Kier alpha value is -2.95. The predicted molar refractivity (Wildman–Crippen MR) is 105 cm³/mol. The molecule has 2 aromatic carbocycles. The van der Waals surface area contributed by atoms with Gasteiger partial charge in [-0.25, -0.2) is 9.07 Å². The molecule has 0 bridgehead atoms. The molecule has 0 saturated heterocycles. The number of ketones is 1. The van der Waals surface area contributed by atoms with E-state index in [0.29, 0.717) is 17.8 Å². The standard InChI is InChI=1S/C22H22FN3O/c1-13-4-9-18(15(3)10-13)24-22-21-19(11-14(2)12-20(21)27)26(25-22)17-7-5-16(23)6-8-17/h4-10,14H,11-12H2,1-3H3,(H,24,25). The Labute approximate surface area is 158 Å². The second kappa shape index (κ2) is 6.65. The van der Waals surface area contributed by atoms with Gasteiger partial charge in [0.15, 0.2) is 11.6 Å². The van der Waals surface area contributed by atoms with Crippen LogP contribution < -0.4 is 5.32 Å². The van der Waals surface area contributed by atoms with Gasteiger partial charge in [-0.1, -0.05) is 24.6 Å². The number of fused-ring (bicyclic) bond motifs is 1. The third kappa shape index (κ3) is 3.25. The molecule has 1 heterocycles. The minimum atomic E-state index is -0.294. The van der Waals surface area contributed by atoms with Crippen molar-refractivity contribution in [1.29, 1.82) is 0 Å². The van der Waals surface area contributed by atoms with Gasteiger partial charge in [0.1, 0.15) is 5.82 Å². The van der Waals surface area contributed by atoms with Crippen LogP contribution in [0.1, 0.15) is 40.5 Å². The quantitative estimate of drug-likeness (QED) is 0.701. The highest BCUT2D eigenvalue weighted by Gasteiger charge is 2.31. The van der Waals surface area contributed by atoms with Gasteiger partial charge in [0, 0.05) is 12.1 Å². The van der Waals surface area contributed by atoms with Crippen molar-refractivity contribution in [3.63, 3.8) is 0 Å². The molecule has 27 heavy (non-hydrogen) atoms. The van der Waals surface area contributed by atoms with Gasteiger partial charge < -0.3 is 5.32 Å². The molecule has 4 rings (SSSR count). The molecule has 0 saturated carbocycles. The first-order valence-electron chi connectivity index (χ1n) is 9.17. The lowest BCUT2D eigenvalue weighted by molar-refractivity contribution is 0.0953. The Balaban J connectivity index is 1.83. The third-order valence-corrected chi connectivity index (χ3v) is 5.04. The molecule has 1 N–H and O–H groups in total. The molecule has 0 aliphatic heterocycles. The number of aromatic nitrogens is 2. The number of carbonyl (C=O) groups is 1. The highest BCUT2D eigenvalue weighted by atomic mass is 19.1. The van der Waals surface area contributed by atoms with Crippen LogP contribution in [-0.4, -0.2) is 15.6 Å². The number of benzene rings is 2. The van der Waals surface area contributed by atoms with Gasteiger partial charge >= 0.3 is 0 Å². The molecular weight excluding hydrogens is 341 g/mol. The summed E-state index contributed by atoms with van der Waals surface area (Å²) >= 11 is 0. The molecule has 1 aliphatic carbocycles. The van der Waals surface area contributed by atoms with Crippen LogP contribution in [0.2, 0.25) is 0 Å². The molecule has 1 atom stereocenters. The van der Waals surface area contributed by atoms with Crippen molar-refractivity contribution in [1.82, 2.24) is 9.78 Å². The summed E-state index contributed by atoms with van der Waals surface area (Å²) in [6.45, 7) is 6.15. The summed E-state index contributed by atoms with van der Waals surface area (Å²) in [6, 6.07) is 12.3. The van der Waals surface area contributed by atoms with Crippen LogP contribution in [-0.2, 0) is 6.42 Å². The van der Waals surface area contributed by atoms with Crippen molar-refractivity contribution in [2.75, 3.05) is 5.32 Å². The molecule has 138 valence electrons. The van der Waals surface area contributed by atoms with E-state index in [0.717, 1.165) is 29.1 Å². The number of nitrogens with one attached hydrogen (secondary N) is 1. The van der Waals surface area contributed by atoms with Gasteiger partial charge in [-0.15, -0.1) is 5.10 Å². The highest BCUT2D eigenvalue weighted by Crippen LogP contribution is 2.34. The van der Waals surface area contributed by atoms with E-state index in [-0.39, 0.29) is 17.5 Å². The van der Waals surface area contributed by atoms with E-state index < -0.39 is 0 Å². The SMILES string of the molecule is Cc1ccc(Nc2nn(-c3ccc(F)cc3)c3c2C(=O)CC(C)C3)c(C)c1. The number of carbonyl (C=O) groups excluding carboxylic acids is 1. The average Bonchev–Trinajstić information content (AvgIpc) is 2.96. The zero-order chi connectivity index (χ0) is 19.1. The smallest absolute Gasteiger partial charge is 0.168 e. The summed E-state index contributed by atoms with van der Waals surface area (Å²) in [5.74, 6) is 0.635. The molecule has 1 aliphatic rings. The summed E-state index contributed by atoms with van der Waals surface area (Å²) in [5, 5.41) is 8.05. The first-order valence-corrected chi connectivity index (χ1v) is 9.17. The Morgan fingerprint density at radius 1 is 1.11 bits per heavy atom. The lowest BCUT2D eigenvalue weighted by Crippen LogP contribution is -2.19. The fraction of sp³-hybridized carbons (Fsp3) is 0.273. The molecule has 5 heteroatoms.